The van der Waals surface area contributed by atoms with Crippen LogP contribution >= 0.6 is 0 Å². The molecule has 0 spiro atoms. The van der Waals surface area contributed by atoms with E-state index in [0.29, 0.717) is 0 Å². The SMILES string of the molecule is C=C(C)C(=O)OC(CO)COC(=O)O. The highest BCUT2D eigenvalue weighted by Gasteiger charge is 2.15. The number of hydrogen-bond donors (Lipinski definition) is 2. The second-order valence-electron chi connectivity index (χ2n) is 2.57. The zero-order chi connectivity index (χ0) is 11.1. The van der Waals surface area contributed by atoms with Crippen molar-refractivity contribution >= 4 is 12.1 Å². The Bertz CT molecular complexity index is 234. The van der Waals surface area contributed by atoms with Gasteiger partial charge in [-0.1, -0.05) is 6.58 Å². The monoisotopic (exact) mass is 204 g/mol. The maximum Gasteiger partial charge on any atom is 0.505 e. The molecule has 80 valence electrons. The summed E-state index contributed by atoms with van der Waals surface area (Å²) < 4.78 is 8.76. The van der Waals surface area contributed by atoms with Crippen LogP contribution in [0.3, 0.4) is 0 Å². The molecule has 6 heteroatoms. The minimum atomic E-state index is -1.49. The third-order valence-electron chi connectivity index (χ3n) is 1.22. The molecule has 0 fully saturated rings. The largest absolute Gasteiger partial charge is 0.505 e. The fraction of sp³-hybridized carbons (Fsp3) is 0.500. The first-order valence-corrected chi connectivity index (χ1v) is 3.80. The van der Waals surface area contributed by atoms with Crippen LogP contribution in [0.15, 0.2) is 12.2 Å². The van der Waals surface area contributed by atoms with Gasteiger partial charge in [-0.3, -0.25) is 0 Å². The quantitative estimate of drug-likeness (QED) is 0.489. The second kappa shape index (κ2) is 5.98. The topological polar surface area (TPSA) is 93.1 Å². The highest BCUT2D eigenvalue weighted by Crippen LogP contribution is 1.99. The van der Waals surface area contributed by atoms with E-state index in [9.17, 15) is 9.59 Å². The van der Waals surface area contributed by atoms with Crippen LogP contribution in [0.2, 0.25) is 0 Å². The molecule has 0 radical (unpaired) electrons. The number of hydrogen-bond acceptors (Lipinski definition) is 5. The second-order valence-corrected chi connectivity index (χ2v) is 2.57. The molecule has 0 rings (SSSR count). The van der Waals surface area contributed by atoms with Gasteiger partial charge in [-0.05, 0) is 6.92 Å². The molecule has 6 nitrogen and oxygen atoms in total. The van der Waals surface area contributed by atoms with Crippen molar-refractivity contribution in [2.45, 2.75) is 13.0 Å². The fourth-order valence-electron chi connectivity index (χ4n) is 0.540. The van der Waals surface area contributed by atoms with Crippen molar-refractivity contribution in [3.63, 3.8) is 0 Å². The third kappa shape index (κ3) is 5.15. The summed E-state index contributed by atoms with van der Waals surface area (Å²) >= 11 is 0. The Morgan fingerprint density at radius 2 is 2.07 bits per heavy atom. The first-order chi connectivity index (χ1) is 6.47. The van der Waals surface area contributed by atoms with Crippen molar-refractivity contribution in [2.75, 3.05) is 13.2 Å². The van der Waals surface area contributed by atoms with Crippen LogP contribution < -0.4 is 0 Å². The number of esters is 1. The van der Waals surface area contributed by atoms with E-state index in [0.717, 1.165) is 0 Å². The lowest BCUT2D eigenvalue weighted by Gasteiger charge is -2.14. The molecule has 1 atom stereocenters. The minimum absolute atomic E-state index is 0.166. The lowest BCUT2D eigenvalue weighted by molar-refractivity contribution is -0.148. The molecule has 2 N–H and O–H groups in total. The van der Waals surface area contributed by atoms with Crippen molar-refractivity contribution in [1.29, 1.82) is 0 Å². The Morgan fingerprint density at radius 1 is 1.50 bits per heavy atom. The lowest BCUT2D eigenvalue weighted by Crippen LogP contribution is -2.28. The van der Waals surface area contributed by atoms with E-state index in [4.69, 9.17) is 10.2 Å². The summed E-state index contributed by atoms with van der Waals surface area (Å²) in [4.78, 5) is 20.9. The molecule has 0 aromatic heterocycles. The van der Waals surface area contributed by atoms with Gasteiger partial charge in [0, 0.05) is 5.57 Å². The molecule has 0 saturated carbocycles. The summed E-state index contributed by atoms with van der Waals surface area (Å²) in [6.07, 6.45) is -2.48. The molecule has 14 heavy (non-hydrogen) atoms. The normalized spacial score (nSPS) is 11.6. The Kier molecular flexibility index (Phi) is 5.31. The van der Waals surface area contributed by atoms with Gasteiger partial charge in [0.2, 0.25) is 0 Å². The zero-order valence-electron chi connectivity index (χ0n) is 7.73. The number of aliphatic hydroxyl groups excluding tert-OH is 1. The van der Waals surface area contributed by atoms with Crippen LogP contribution in [0.1, 0.15) is 6.92 Å². The van der Waals surface area contributed by atoms with E-state index in [-0.39, 0.29) is 5.57 Å². The molecule has 0 aromatic rings. The van der Waals surface area contributed by atoms with Gasteiger partial charge >= 0.3 is 12.1 Å². The van der Waals surface area contributed by atoms with Gasteiger partial charge in [0.15, 0.2) is 6.10 Å². The summed E-state index contributed by atoms with van der Waals surface area (Å²) in [7, 11) is 0. The Labute approximate surface area is 80.7 Å². The summed E-state index contributed by atoms with van der Waals surface area (Å²) in [5.74, 6) is -0.696. The van der Waals surface area contributed by atoms with Crippen molar-refractivity contribution < 1.29 is 29.3 Å². The van der Waals surface area contributed by atoms with Crippen LogP contribution in [-0.4, -0.2) is 41.7 Å². The van der Waals surface area contributed by atoms with E-state index in [1.54, 1.807) is 0 Å². The van der Waals surface area contributed by atoms with E-state index in [2.05, 4.69) is 16.1 Å². The maximum absolute atomic E-state index is 10.9. The molecule has 0 heterocycles. The van der Waals surface area contributed by atoms with Crippen molar-refractivity contribution in [3.05, 3.63) is 12.2 Å². The molecule has 0 bridgehead atoms. The van der Waals surface area contributed by atoms with Crippen LogP contribution in [-0.2, 0) is 14.3 Å². The van der Waals surface area contributed by atoms with Gasteiger partial charge in [-0.25, -0.2) is 9.59 Å². The number of ether oxygens (including phenoxy) is 2. The zero-order valence-corrected chi connectivity index (χ0v) is 7.73. The highest BCUT2D eigenvalue weighted by atomic mass is 16.7. The van der Waals surface area contributed by atoms with Gasteiger partial charge in [0.25, 0.3) is 0 Å². The summed E-state index contributed by atoms with van der Waals surface area (Å²) in [5, 5.41) is 16.8. The molecule has 0 aliphatic heterocycles. The molecule has 0 saturated heterocycles. The van der Waals surface area contributed by atoms with Crippen molar-refractivity contribution in [2.24, 2.45) is 0 Å². The third-order valence-corrected chi connectivity index (χ3v) is 1.22. The van der Waals surface area contributed by atoms with Crippen LogP contribution in [0.25, 0.3) is 0 Å². The van der Waals surface area contributed by atoms with E-state index in [1.165, 1.54) is 6.92 Å². The molecule has 0 amide bonds. The van der Waals surface area contributed by atoms with Crippen molar-refractivity contribution in [1.82, 2.24) is 0 Å². The van der Waals surface area contributed by atoms with Gasteiger partial charge in [-0.15, -0.1) is 0 Å². The number of carboxylic acid groups (broad SMARTS) is 1. The van der Waals surface area contributed by atoms with Gasteiger partial charge in [0.1, 0.15) is 6.61 Å². The number of aliphatic hydroxyl groups is 1. The average Bonchev–Trinajstić information content (AvgIpc) is 2.11. The van der Waals surface area contributed by atoms with E-state index >= 15 is 0 Å². The fourth-order valence-corrected chi connectivity index (χ4v) is 0.540. The molecular weight excluding hydrogens is 192 g/mol. The molecular formula is C8H12O6. The first kappa shape index (κ1) is 12.4. The number of carbonyl (C=O) groups is 2. The lowest BCUT2D eigenvalue weighted by atomic mass is 10.3. The number of rotatable bonds is 5. The minimum Gasteiger partial charge on any atom is -0.453 e. The van der Waals surface area contributed by atoms with Crippen LogP contribution in [0.4, 0.5) is 4.79 Å². The first-order valence-electron chi connectivity index (χ1n) is 3.80. The average molecular weight is 204 g/mol. The van der Waals surface area contributed by atoms with Crippen molar-refractivity contribution in [3.8, 4) is 0 Å². The summed E-state index contributed by atoms with van der Waals surface area (Å²) in [6, 6.07) is 0. The summed E-state index contributed by atoms with van der Waals surface area (Å²) in [6.45, 7) is 3.86. The van der Waals surface area contributed by atoms with Gasteiger partial charge in [-0.2, -0.15) is 0 Å². The van der Waals surface area contributed by atoms with Crippen LogP contribution in [0, 0.1) is 0 Å². The predicted octanol–water partition coefficient (Wildman–Crippen LogP) is 0.161. The van der Waals surface area contributed by atoms with Gasteiger partial charge in [0.05, 0.1) is 6.61 Å². The maximum atomic E-state index is 10.9. The molecule has 1 unspecified atom stereocenters. The highest BCUT2D eigenvalue weighted by molar-refractivity contribution is 5.87. The smallest absolute Gasteiger partial charge is 0.453 e. The Balaban J connectivity index is 3.96. The summed E-state index contributed by atoms with van der Waals surface area (Å²) in [5.41, 5.74) is 0.166. The Morgan fingerprint density at radius 3 is 2.43 bits per heavy atom. The predicted molar refractivity (Wildman–Crippen MR) is 45.8 cm³/mol. The van der Waals surface area contributed by atoms with Crippen LogP contribution in [0.5, 0.6) is 0 Å². The van der Waals surface area contributed by atoms with E-state index in [1.807, 2.05) is 0 Å². The van der Waals surface area contributed by atoms with E-state index < -0.39 is 31.4 Å². The molecule has 0 aliphatic carbocycles. The molecule has 0 aliphatic rings. The molecule has 0 aromatic carbocycles. The Hall–Kier alpha value is -1.56. The standard InChI is InChI=1S/C8H12O6/c1-5(2)7(10)14-6(3-9)4-13-8(11)12/h6,9H,1,3-4H2,2H3,(H,11,12). The number of carbonyl (C=O) groups excluding carboxylic acids is 1. The van der Waals surface area contributed by atoms with Gasteiger partial charge < -0.3 is 19.7 Å².